The minimum atomic E-state index is 0.908. The standard InChI is InChI=1S/C15H15N3/c1-10-3-4-11(2)14(9-10)18-13-6-8-17-15-12(13)5-7-16-15/h3-9H,1-2H3,(H2,16,17,18). The van der Waals surface area contributed by atoms with Gasteiger partial charge in [0.25, 0.3) is 0 Å². The van der Waals surface area contributed by atoms with Crippen LogP contribution in [0.15, 0.2) is 42.7 Å². The molecule has 0 aliphatic rings. The van der Waals surface area contributed by atoms with Crippen molar-refractivity contribution in [3.05, 3.63) is 53.9 Å². The van der Waals surface area contributed by atoms with E-state index < -0.39 is 0 Å². The van der Waals surface area contributed by atoms with E-state index in [-0.39, 0.29) is 0 Å². The van der Waals surface area contributed by atoms with E-state index in [9.17, 15) is 0 Å². The minimum absolute atomic E-state index is 0.908. The van der Waals surface area contributed by atoms with Crippen LogP contribution < -0.4 is 5.32 Å². The number of anilines is 2. The lowest BCUT2D eigenvalue weighted by molar-refractivity contribution is 1.32. The van der Waals surface area contributed by atoms with E-state index in [0.29, 0.717) is 0 Å². The van der Waals surface area contributed by atoms with Gasteiger partial charge in [-0.2, -0.15) is 0 Å². The first-order chi connectivity index (χ1) is 8.74. The lowest BCUT2D eigenvalue weighted by Crippen LogP contribution is -1.94. The van der Waals surface area contributed by atoms with Crippen molar-refractivity contribution in [2.75, 3.05) is 5.32 Å². The fourth-order valence-electron chi connectivity index (χ4n) is 2.09. The van der Waals surface area contributed by atoms with Crippen molar-refractivity contribution < 1.29 is 0 Å². The van der Waals surface area contributed by atoms with Crippen LogP contribution in [0.3, 0.4) is 0 Å². The Kier molecular flexibility index (Phi) is 2.52. The van der Waals surface area contributed by atoms with Gasteiger partial charge in [-0.05, 0) is 43.2 Å². The Bertz CT molecular complexity index is 698. The molecule has 0 saturated heterocycles. The van der Waals surface area contributed by atoms with E-state index in [2.05, 4.69) is 47.3 Å². The van der Waals surface area contributed by atoms with E-state index in [4.69, 9.17) is 0 Å². The Labute approximate surface area is 106 Å². The molecule has 0 fully saturated rings. The van der Waals surface area contributed by atoms with Crippen molar-refractivity contribution in [3.8, 4) is 0 Å². The molecule has 3 nitrogen and oxygen atoms in total. The summed E-state index contributed by atoms with van der Waals surface area (Å²) in [5, 5.41) is 4.59. The molecular weight excluding hydrogens is 222 g/mol. The van der Waals surface area contributed by atoms with E-state index in [0.717, 1.165) is 22.4 Å². The number of benzene rings is 1. The number of nitrogens with zero attached hydrogens (tertiary/aromatic N) is 1. The molecule has 2 heterocycles. The Hall–Kier alpha value is -2.29. The monoisotopic (exact) mass is 237 g/mol. The highest BCUT2D eigenvalue weighted by Gasteiger charge is 2.04. The Balaban J connectivity index is 2.06. The van der Waals surface area contributed by atoms with E-state index >= 15 is 0 Å². The smallest absolute Gasteiger partial charge is 0.139 e. The number of hydrogen-bond acceptors (Lipinski definition) is 2. The largest absolute Gasteiger partial charge is 0.355 e. The molecule has 1 aromatic carbocycles. The molecule has 0 aliphatic carbocycles. The Morgan fingerprint density at radius 1 is 1.06 bits per heavy atom. The van der Waals surface area contributed by atoms with Crippen molar-refractivity contribution in [3.63, 3.8) is 0 Å². The van der Waals surface area contributed by atoms with E-state index in [1.807, 2.05) is 24.5 Å². The highest BCUT2D eigenvalue weighted by molar-refractivity contribution is 5.91. The SMILES string of the molecule is Cc1ccc(C)c(Nc2ccnc3[nH]ccc23)c1. The van der Waals surface area contributed by atoms with Crippen molar-refractivity contribution in [1.82, 2.24) is 9.97 Å². The third-order valence-electron chi connectivity index (χ3n) is 3.12. The van der Waals surface area contributed by atoms with Gasteiger partial charge in [-0.1, -0.05) is 12.1 Å². The predicted octanol–water partition coefficient (Wildman–Crippen LogP) is 3.92. The van der Waals surface area contributed by atoms with Crippen LogP contribution in [0.1, 0.15) is 11.1 Å². The van der Waals surface area contributed by atoms with Gasteiger partial charge in [-0.25, -0.2) is 4.98 Å². The van der Waals surface area contributed by atoms with E-state index in [1.54, 1.807) is 0 Å². The second-order valence-corrected chi connectivity index (χ2v) is 4.54. The summed E-state index contributed by atoms with van der Waals surface area (Å²) in [6, 6.07) is 10.5. The van der Waals surface area contributed by atoms with Crippen molar-refractivity contribution >= 4 is 22.4 Å². The number of rotatable bonds is 2. The van der Waals surface area contributed by atoms with Crippen LogP contribution in [-0.2, 0) is 0 Å². The first-order valence-corrected chi connectivity index (χ1v) is 6.00. The topological polar surface area (TPSA) is 40.7 Å². The lowest BCUT2D eigenvalue weighted by atomic mass is 10.1. The molecule has 0 bridgehead atoms. The van der Waals surface area contributed by atoms with Crippen LogP contribution in [0.25, 0.3) is 11.0 Å². The first kappa shape index (κ1) is 10.8. The zero-order chi connectivity index (χ0) is 12.5. The fraction of sp³-hybridized carbons (Fsp3) is 0.133. The fourth-order valence-corrected chi connectivity index (χ4v) is 2.09. The molecule has 0 unspecified atom stereocenters. The van der Waals surface area contributed by atoms with Gasteiger partial charge in [0.2, 0.25) is 0 Å². The summed E-state index contributed by atoms with van der Waals surface area (Å²) in [6.07, 6.45) is 3.72. The molecule has 0 atom stereocenters. The van der Waals surface area contributed by atoms with Crippen LogP contribution in [0.4, 0.5) is 11.4 Å². The molecule has 0 aliphatic heterocycles. The quantitative estimate of drug-likeness (QED) is 0.709. The number of nitrogens with one attached hydrogen (secondary N) is 2. The summed E-state index contributed by atoms with van der Waals surface area (Å²) in [7, 11) is 0. The predicted molar refractivity (Wildman–Crippen MR) is 75.3 cm³/mol. The minimum Gasteiger partial charge on any atom is -0.355 e. The van der Waals surface area contributed by atoms with E-state index in [1.165, 1.54) is 11.1 Å². The number of aromatic nitrogens is 2. The highest BCUT2D eigenvalue weighted by Crippen LogP contribution is 2.26. The molecule has 3 heteroatoms. The van der Waals surface area contributed by atoms with Gasteiger partial charge in [0, 0.05) is 23.5 Å². The molecule has 0 saturated carbocycles. The molecule has 0 amide bonds. The summed E-state index contributed by atoms with van der Waals surface area (Å²) >= 11 is 0. The Morgan fingerprint density at radius 3 is 2.83 bits per heavy atom. The summed E-state index contributed by atoms with van der Waals surface area (Å²) in [4.78, 5) is 7.41. The summed E-state index contributed by atoms with van der Waals surface area (Å²) in [5.74, 6) is 0. The number of aromatic amines is 1. The maximum atomic E-state index is 4.29. The van der Waals surface area contributed by atoms with Crippen LogP contribution in [-0.4, -0.2) is 9.97 Å². The molecule has 3 rings (SSSR count). The third kappa shape index (κ3) is 1.84. The molecule has 0 spiro atoms. The van der Waals surface area contributed by atoms with Crippen molar-refractivity contribution in [2.45, 2.75) is 13.8 Å². The molecule has 18 heavy (non-hydrogen) atoms. The number of hydrogen-bond donors (Lipinski definition) is 2. The molecule has 2 aromatic heterocycles. The van der Waals surface area contributed by atoms with Gasteiger partial charge in [0.1, 0.15) is 5.65 Å². The van der Waals surface area contributed by atoms with Crippen LogP contribution in [0.5, 0.6) is 0 Å². The average molecular weight is 237 g/mol. The average Bonchev–Trinajstić information content (AvgIpc) is 2.83. The van der Waals surface area contributed by atoms with Crippen molar-refractivity contribution in [1.29, 1.82) is 0 Å². The summed E-state index contributed by atoms with van der Waals surface area (Å²) in [6.45, 7) is 4.21. The molecule has 90 valence electrons. The molecule has 3 aromatic rings. The first-order valence-electron chi connectivity index (χ1n) is 6.00. The zero-order valence-electron chi connectivity index (χ0n) is 10.5. The van der Waals surface area contributed by atoms with Crippen LogP contribution in [0, 0.1) is 13.8 Å². The van der Waals surface area contributed by atoms with Gasteiger partial charge in [-0.15, -0.1) is 0 Å². The Morgan fingerprint density at radius 2 is 1.94 bits per heavy atom. The summed E-state index contributed by atoms with van der Waals surface area (Å²) in [5.41, 5.74) is 5.62. The van der Waals surface area contributed by atoms with Gasteiger partial charge in [0.05, 0.1) is 5.69 Å². The number of fused-ring (bicyclic) bond motifs is 1. The number of aryl methyl sites for hydroxylation is 2. The second-order valence-electron chi connectivity index (χ2n) is 4.54. The molecule has 0 radical (unpaired) electrons. The molecule has 2 N–H and O–H groups in total. The zero-order valence-corrected chi connectivity index (χ0v) is 10.5. The maximum Gasteiger partial charge on any atom is 0.139 e. The second kappa shape index (κ2) is 4.18. The van der Waals surface area contributed by atoms with Gasteiger partial charge in [-0.3, -0.25) is 0 Å². The van der Waals surface area contributed by atoms with Gasteiger partial charge < -0.3 is 10.3 Å². The summed E-state index contributed by atoms with van der Waals surface area (Å²) < 4.78 is 0. The van der Waals surface area contributed by atoms with Crippen molar-refractivity contribution in [2.24, 2.45) is 0 Å². The van der Waals surface area contributed by atoms with Gasteiger partial charge >= 0.3 is 0 Å². The normalized spacial score (nSPS) is 10.8. The van der Waals surface area contributed by atoms with Gasteiger partial charge in [0.15, 0.2) is 0 Å². The molecular formula is C15H15N3. The highest BCUT2D eigenvalue weighted by atomic mass is 14.9. The number of pyridine rings is 1. The third-order valence-corrected chi connectivity index (χ3v) is 3.12. The maximum absolute atomic E-state index is 4.29. The number of H-pyrrole nitrogens is 1. The van der Waals surface area contributed by atoms with Crippen LogP contribution in [0.2, 0.25) is 0 Å². The lowest BCUT2D eigenvalue weighted by Gasteiger charge is -2.11. The van der Waals surface area contributed by atoms with Crippen LogP contribution >= 0.6 is 0 Å².